The maximum absolute atomic E-state index is 10.5. The van der Waals surface area contributed by atoms with Crippen molar-refractivity contribution in [1.29, 1.82) is 0 Å². The van der Waals surface area contributed by atoms with Gasteiger partial charge < -0.3 is 4.57 Å². The van der Waals surface area contributed by atoms with Crippen molar-refractivity contribution in [3.8, 4) is 11.3 Å². The zero-order chi connectivity index (χ0) is 11.0. The van der Waals surface area contributed by atoms with Crippen LogP contribution in [0.5, 0.6) is 0 Å². The van der Waals surface area contributed by atoms with Crippen molar-refractivity contribution in [2.45, 2.75) is 19.4 Å². The molecule has 1 aromatic heterocycles. The zero-order valence-electron chi connectivity index (χ0n) is 8.89. The molecule has 0 spiro atoms. The van der Waals surface area contributed by atoms with Crippen molar-refractivity contribution < 1.29 is 4.79 Å². The highest BCUT2D eigenvalue weighted by molar-refractivity contribution is 5.76. The first-order chi connectivity index (χ1) is 7.86. The number of aryl methyl sites for hydroxylation is 2. The Hall–Kier alpha value is -1.90. The van der Waals surface area contributed by atoms with Gasteiger partial charge in [0, 0.05) is 30.3 Å². The molecule has 0 saturated heterocycles. The summed E-state index contributed by atoms with van der Waals surface area (Å²) >= 11 is 0. The second-order valence-electron chi connectivity index (χ2n) is 4.08. The summed E-state index contributed by atoms with van der Waals surface area (Å²) < 4.78 is 2.21. The molecule has 3 rings (SSSR count). The van der Waals surface area contributed by atoms with E-state index in [1.807, 2.05) is 24.3 Å². The molecule has 3 heteroatoms. The van der Waals surface area contributed by atoms with Crippen molar-refractivity contribution >= 4 is 6.29 Å². The van der Waals surface area contributed by atoms with Crippen LogP contribution in [0.4, 0.5) is 0 Å². The van der Waals surface area contributed by atoms with Gasteiger partial charge >= 0.3 is 0 Å². The summed E-state index contributed by atoms with van der Waals surface area (Å²) in [5.41, 5.74) is 2.79. The molecular formula is C13H12N2O. The van der Waals surface area contributed by atoms with Gasteiger partial charge in [-0.3, -0.25) is 4.79 Å². The number of aromatic nitrogens is 2. The highest BCUT2D eigenvalue weighted by Gasteiger charge is 2.14. The summed E-state index contributed by atoms with van der Waals surface area (Å²) in [6.07, 6.45) is 5.23. The average molecular weight is 212 g/mol. The molecule has 1 aromatic carbocycles. The Morgan fingerprint density at radius 3 is 2.75 bits per heavy atom. The van der Waals surface area contributed by atoms with Gasteiger partial charge in [0.25, 0.3) is 0 Å². The fourth-order valence-corrected chi connectivity index (χ4v) is 2.13. The van der Waals surface area contributed by atoms with Gasteiger partial charge in [0.15, 0.2) is 0 Å². The van der Waals surface area contributed by atoms with Gasteiger partial charge in [-0.15, -0.1) is 0 Å². The number of benzene rings is 1. The standard InChI is InChI=1S/C13H12N2O/c16-9-10-3-5-11(6-4-10)12-8-15-7-1-2-13(15)14-12/h3-6,8-9H,1-2,7H2. The zero-order valence-corrected chi connectivity index (χ0v) is 8.89. The number of aldehydes is 1. The molecule has 3 nitrogen and oxygen atoms in total. The van der Waals surface area contributed by atoms with E-state index in [9.17, 15) is 4.79 Å². The Labute approximate surface area is 93.7 Å². The molecular weight excluding hydrogens is 200 g/mol. The Bertz CT molecular complexity index is 504. The van der Waals surface area contributed by atoms with Crippen molar-refractivity contribution in [3.05, 3.63) is 41.9 Å². The fourth-order valence-electron chi connectivity index (χ4n) is 2.13. The first-order valence-electron chi connectivity index (χ1n) is 5.48. The van der Waals surface area contributed by atoms with Gasteiger partial charge in [-0.05, 0) is 6.42 Å². The third-order valence-corrected chi connectivity index (χ3v) is 3.00. The number of rotatable bonds is 2. The van der Waals surface area contributed by atoms with Crippen LogP contribution in [0.25, 0.3) is 11.3 Å². The predicted molar refractivity (Wildman–Crippen MR) is 61.4 cm³/mol. The molecule has 0 bridgehead atoms. The number of fused-ring (bicyclic) bond motifs is 1. The van der Waals surface area contributed by atoms with E-state index in [0.29, 0.717) is 5.56 Å². The lowest BCUT2D eigenvalue weighted by Gasteiger charge is -1.97. The molecule has 0 atom stereocenters. The molecule has 0 amide bonds. The Kier molecular flexibility index (Phi) is 2.10. The molecule has 0 N–H and O–H groups in total. The normalized spacial score (nSPS) is 13.8. The highest BCUT2D eigenvalue weighted by Crippen LogP contribution is 2.22. The molecule has 2 heterocycles. The van der Waals surface area contributed by atoms with E-state index in [1.165, 1.54) is 12.2 Å². The molecule has 0 fully saturated rings. The van der Waals surface area contributed by atoms with Gasteiger partial charge in [-0.25, -0.2) is 4.98 Å². The minimum Gasteiger partial charge on any atom is -0.334 e. The van der Waals surface area contributed by atoms with Crippen molar-refractivity contribution in [1.82, 2.24) is 9.55 Å². The number of carbonyl (C=O) groups excluding carboxylic acids is 1. The monoisotopic (exact) mass is 212 g/mol. The van der Waals surface area contributed by atoms with E-state index in [1.54, 1.807) is 0 Å². The summed E-state index contributed by atoms with van der Waals surface area (Å²) in [5.74, 6) is 1.18. The summed E-state index contributed by atoms with van der Waals surface area (Å²) in [7, 11) is 0. The number of carbonyl (C=O) groups is 1. The number of imidazole rings is 1. The molecule has 0 radical (unpaired) electrons. The largest absolute Gasteiger partial charge is 0.334 e. The van der Waals surface area contributed by atoms with Crippen LogP contribution in [0.2, 0.25) is 0 Å². The van der Waals surface area contributed by atoms with E-state index >= 15 is 0 Å². The Morgan fingerprint density at radius 2 is 2.06 bits per heavy atom. The van der Waals surface area contributed by atoms with Gasteiger partial charge in [0.2, 0.25) is 0 Å². The van der Waals surface area contributed by atoms with E-state index in [4.69, 9.17) is 0 Å². The lowest BCUT2D eigenvalue weighted by atomic mass is 10.1. The first-order valence-corrected chi connectivity index (χ1v) is 5.48. The minimum absolute atomic E-state index is 0.704. The fraction of sp³-hybridized carbons (Fsp3) is 0.231. The quantitative estimate of drug-likeness (QED) is 0.716. The van der Waals surface area contributed by atoms with E-state index < -0.39 is 0 Å². The third kappa shape index (κ3) is 1.45. The lowest BCUT2D eigenvalue weighted by Crippen LogP contribution is -1.87. The van der Waals surface area contributed by atoms with Crippen LogP contribution in [-0.4, -0.2) is 15.8 Å². The average Bonchev–Trinajstić information content (AvgIpc) is 2.89. The molecule has 0 aliphatic carbocycles. The van der Waals surface area contributed by atoms with E-state index in [0.717, 1.165) is 30.5 Å². The molecule has 0 saturated carbocycles. The molecule has 1 aliphatic rings. The van der Waals surface area contributed by atoms with Gasteiger partial charge in [-0.1, -0.05) is 24.3 Å². The predicted octanol–water partition coefficient (Wildman–Crippen LogP) is 2.31. The number of hydrogen-bond donors (Lipinski definition) is 0. The summed E-state index contributed by atoms with van der Waals surface area (Å²) in [4.78, 5) is 15.1. The maximum atomic E-state index is 10.5. The smallest absolute Gasteiger partial charge is 0.150 e. The SMILES string of the molecule is O=Cc1ccc(-c2cn3c(n2)CCC3)cc1. The van der Waals surface area contributed by atoms with Crippen LogP contribution >= 0.6 is 0 Å². The number of nitrogens with zero attached hydrogens (tertiary/aromatic N) is 2. The van der Waals surface area contributed by atoms with Crippen LogP contribution in [-0.2, 0) is 13.0 Å². The molecule has 16 heavy (non-hydrogen) atoms. The van der Waals surface area contributed by atoms with Crippen molar-refractivity contribution in [3.63, 3.8) is 0 Å². The van der Waals surface area contributed by atoms with Crippen LogP contribution < -0.4 is 0 Å². The van der Waals surface area contributed by atoms with Crippen molar-refractivity contribution in [2.24, 2.45) is 0 Å². The summed E-state index contributed by atoms with van der Waals surface area (Å²) in [6, 6.07) is 7.54. The Balaban J connectivity index is 1.98. The highest BCUT2D eigenvalue weighted by atomic mass is 16.1. The second-order valence-corrected chi connectivity index (χ2v) is 4.08. The van der Waals surface area contributed by atoms with Crippen LogP contribution in [0.1, 0.15) is 22.6 Å². The maximum Gasteiger partial charge on any atom is 0.150 e. The summed E-state index contributed by atoms with van der Waals surface area (Å²) in [6.45, 7) is 1.08. The molecule has 2 aromatic rings. The second kappa shape index (κ2) is 3.59. The molecule has 80 valence electrons. The Morgan fingerprint density at radius 1 is 1.25 bits per heavy atom. The third-order valence-electron chi connectivity index (χ3n) is 3.00. The summed E-state index contributed by atoms with van der Waals surface area (Å²) in [5, 5.41) is 0. The van der Waals surface area contributed by atoms with E-state index in [2.05, 4.69) is 15.7 Å². The van der Waals surface area contributed by atoms with Crippen LogP contribution in [0.3, 0.4) is 0 Å². The first kappa shape index (κ1) is 9.33. The van der Waals surface area contributed by atoms with Gasteiger partial charge in [0.1, 0.15) is 12.1 Å². The number of hydrogen-bond acceptors (Lipinski definition) is 2. The van der Waals surface area contributed by atoms with E-state index in [-0.39, 0.29) is 0 Å². The van der Waals surface area contributed by atoms with Crippen LogP contribution in [0, 0.1) is 0 Å². The topological polar surface area (TPSA) is 34.9 Å². The van der Waals surface area contributed by atoms with Gasteiger partial charge in [-0.2, -0.15) is 0 Å². The van der Waals surface area contributed by atoms with Gasteiger partial charge in [0.05, 0.1) is 5.69 Å². The van der Waals surface area contributed by atoms with Crippen LogP contribution in [0.15, 0.2) is 30.5 Å². The molecule has 0 unspecified atom stereocenters. The lowest BCUT2D eigenvalue weighted by molar-refractivity contribution is 0.112. The molecule has 1 aliphatic heterocycles. The minimum atomic E-state index is 0.704. The van der Waals surface area contributed by atoms with Crippen molar-refractivity contribution in [2.75, 3.05) is 0 Å².